The molecule has 25 heavy (non-hydrogen) atoms. The minimum atomic E-state index is -2.47. The zero-order valence-corrected chi connectivity index (χ0v) is 14.1. The average molecular weight is 351 g/mol. The number of ether oxygens (including phenoxy) is 1. The number of aryl methyl sites for hydroxylation is 1. The molecule has 0 radical (unpaired) electrons. The van der Waals surface area contributed by atoms with Gasteiger partial charge in [-0.1, -0.05) is 12.1 Å². The quantitative estimate of drug-likeness (QED) is 0.683. The van der Waals surface area contributed by atoms with Gasteiger partial charge in [-0.25, -0.2) is 14.2 Å². The summed E-state index contributed by atoms with van der Waals surface area (Å²) in [5.74, 6) is 2.64. The van der Waals surface area contributed by atoms with Crippen LogP contribution in [0.15, 0.2) is 40.8 Å². The highest BCUT2D eigenvalue weighted by molar-refractivity contribution is 5.28. The SMILES string of the molecule is Cc1ccc(C2NNCC2CNCc2cccc(OCC(F)F)c2)o1. The summed E-state index contributed by atoms with van der Waals surface area (Å²) in [4.78, 5) is 0. The first-order valence-corrected chi connectivity index (χ1v) is 8.37. The van der Waals surface area contributed by atoms with Gasteiger partial charge in [0.15, 0.2) is 0 Å². The summed E-state index contributed by atoms with van der Waals surface area (Å²) in [6.45, 7) is 3.64. The van der Waals surface area contributed by atoms with Crippen LogP contribution in [0.4, 0.5) is 8.78 Å². The smallest absolute Gasteiger partial charge is 0.272 e. The van der Waals surface area contributed by atoms with Crippen LogP contribution in [-0.2, 0) is 6.54 Å². The molecule has 1 saturated heterocycles. The third-order valence-electron chi connectivity index (χ3n) is 4.17. The van der Waals surface area contributed by atoms with Gasteiger partial charge in [0, 0.05) is 25.6 Å². The lowest BCUT2D eigenvalue weighted by Gasteiger charge is -2.17. The number of rotatable bonds is 8. The molecule has 0 aliphatic carbocycles. The maximum Gasteiger partial charge on any atom is 0.272 e. The third-order valence-corrected chi connectivity index (χ3v) is 4.17. The molecule has 2 aromatic rings. The monoisotopic (exact) mass is 351 g/mol. The summed E-state index contributed by atoms with van der Waals surface area (Å²) in [6.07, 6.45) is -2.47. The van der Waals surface area contributed by atoms with Gasteiger partial charge in [0.05, 0.1) is 6.04 Å². The lowest BCUT2D eigenvalue weighted by Crippen LogP contribution is -2.28. The fourth-order valence-corrected chi connectivity index (χ4v) is 2.96. The minimum absolute atomic E-state index is 0.127. The van der Waals surface area contributed by atoms with E-state index in [2.05, 4.69) is 16.2 Å². The highest BCUT2D eigenvalue weighted by Crippen LogP contribution is 2.26. The summed E-state index contributed by atoms with van der Waals surface area (Å²) in [5, 5.41) is 3.42. The van der Waals surface area contributed by atoms with Crippen LogP contribution in [-0.4, -0.2) is 26.1 Å². The Morgan fingerprint density at radius 1 is 1.32 bits per heavy atom. The van der Waals surface area contributed by atoms with Crippen molar-refractivity contribution in [1.29, 1.82) is 0 Å². The molecule has 7 heteroatoms. The maximum atomic E-state index is 12.2. The van der Waals surface area contributed by atoms with Crippen molar-refractivity contribution in [3.63, 3.8) is 0 Å². The molecule has 2 unspecified atom stereocenters. The Bertz CT molecular complexity index is 678. The van der Waals surface area contributed by atoms with Gasteiger partial charge < -0.3 is 14.5 Å². The molecule has 136 valence electrons. The number of benzene rings is 1. The van der Waals surface area contributed by atoms with Crippen LogP contribution in [0.1, 0.15) is 23.1 Å². The zero-order valence-electron chi connectivity index (χ0n) is 14.1. The normalized spacial score (nSPS) is 20.3. The van der Waals surface area contributed by atoms with Crippen molar-refractivity contribution in [2.24, 2.45) is 5.92 Å². The van der Waals surface area contributed by atoms with Crippen LogP contribution >= 0.6 is 0 Å². The molecule has 2 heterocycles. The van der Waals surface area contributed by atoms with Crippen molar-refractivity contribution in [2.75, 3.05) is 19.7 Å². The highest BCUT2D eigenvalue weighted by atomic mass is 19.3. The molecule has 1 aromatic carbocycles. The second-order valence-corrected chi connectivity index (χ2v) is 6.19. The lowest BCUT2D eigenvalue weighted by atomic mass is 10.00. The van der Waals surface area contributed by atoms with E-state index in [4.69, 9.17) is 9.15 Å². The van der Waals surface area contributed by atoms with E-state index in [-0.39, 0.29) is 6.04 Å². The summed E-state index contributed by atoms with van der Waals surface area (Å²) in [7, 11) is 0. The Hall–Kier alpha value is -1.96. The topological polar surface area (TPSA) is 58.5 Å². The van der Waals surface area contributed by atoms with Gasteiger partial charge in [0.2, 0.25) is 0 Å². The molecule has 1 fully saturated rings. The molecule has 0 saturated carbocycles. The molecule has 1 aliphatic rings. The van der Waals surface area contributed by atoms with Crippen molar-refractivity contribution in [2.45, 2.75) is 25.9 Å². The molecule has 0 bridgehead atoms. The molecule has 1 aliphatic heterocycles. The summed E-state index contributed by atoms with van der Waals surface area (Å²) in [6, 6.07) is 11.3. The molecule has 1 aromatic heterocycles. The van der Waals surface area contributed by atoms with Crippen molar-refractivity contribution in [3.05, 3.63) is 53.5 Å². The van der Waals surface area contributed by atoms with Gasteiger partial charge in [0.25, 0.3) is 6.43 Å². The van der Waals surface area contributed by atoms with Crippen molar-refractivity contribution < 1.29 is 17.9 Å². The molecule has 0 spiro atoms. The first-order valence-electron chi connectivity index (χ1n) is 8.37. The molecule has 3 N–H and O–H groups in total. The number of halogens is 2. The Morgan fingerprint density at radius 3 is 2.96 bits per heavy atom. The van der Waals surface area contributed by atoms with Crippen LogP contribution in [0.25, 0.3) is 0 Å². The number of hydrazine groups is 1. The van der Waals surface area contributed by atoms with Crippen LogP contribution in [0.2, 0.25) is 0 Å². The van der Waals surface area contributed by atoms with Crippen LogP contribution in [0.5, 0.6) is 5.75 Å². The van der Waals surface area contributed by atoms with Crippen molar-refractivity contribution in [3.8, 4) is 5.75 Å². The Balaban J connectivity index is 1.50. The Morgan fingerprint density at radius 2 is 2.20 bits per heavy atom. The lowest BCUT2D eigenvalue weighted by molar-refractivity contribution is 0.0818. The van der Waals surface area contributed by atoms with Gasteiger partial charge in [-0.05, 0) is 36.8 Å². The number of hydrogen-bond acceptors (Lipinski definition) is 5. The first-order chi connectivity index (χ1) is 12.1. The standard InChI is InChI=1S/C18H23F2N3O2/c1-12-5-6-16(25-12)18-14(10-22-23-18)9-21-8-13-3-2-4-15(7-13)24-11-17(19)20/h2-7,14,17-18,21-23H,8-11H2,1H3. The zero-order chi connectivity index (χ0) is 17.6. The average Bonchev–Trinajstić information content (AvgIpc) is 3.22. The summed E-state index contributed by atoms with van der Waals surface area (Å²) in [5.41, 5.74) is 7.42. The number of furan rings is 1. The van der Waals surface area contributed by atoms with Crippen LogP contribution < -0.4 is 20.9 Å². The van der Waals surface area contributed by atoms with Gasteiger partial charge in [0.1, 0.15) is 23.9 Å². The van der Waals surface area contributed by atoms with Gasteiger partial charge in [-0.3, -0.25) is 5.43 Å². The van der Waals surface area contributed by atoms with E-state index in [0.29, 0.717) is 18.2 Å². The second kappa shape index (κ2) is 8.42. The molecule has 3 rings (SSSR count). The Labute approximate surface area is 145 Å². The van der Waals surface area contributed by atoms with E-state index >= 15 is 0 Å². The van der Waals surface area contributed by atoms with Gasteiger partial charge in [-0.2, -0.15) is 0 Å². The molecule has 2 atom stereocenters. The fraction of sp³-hybridized carbons (Fsp3) is 0.444. The predicted octanol–water partition coefficient (Wildman–Crippen LogP) is 2.79. The Kier molecular flexibility index (Phi) is 6.01. The molecule has 5 nitrogen and oxygen atoms in total. The third kappa shape index (κ3) is 5.01. The minimum Gasteiger partial charge on any atom is -0.488 e. The maximum absolute atomic E-state index is 12.2. The van der Waals surface area contributed by atoms with E-state index in [1.807, 2.05) is 31.2 Å². The number of nitrogens with one attached hydrogen (secondary N) is 3. The number of alkyl halides is 2. The van der Waals surface area contributed by atoms with Crippen LogP contribution in [0, 0.1) is 12.8 Å². The second-order valence-electron chi connectivity index (χ2n) is 6.19. The predicted molar refractivity (Wildman–Crippen MR) is 90.5 cm³/mol. The van der Waals surface area contributed by atoms with E-state index in [1.54, 1.807) is 12.1 Å². The van der Waals surface area contributed by atoms with E-state index in [0.717, 1.165) is 30.2 Å². The van der Waals surface area contributed by atoms with Gasteiger partial charge in [-0.15, -0.1) is 0 Å². The summed E-state index contributed by atoms with van der Waals surface area (Å²) >= 11 is 0. The first kappa shape index (κ1) is 17.8. The van der Waals surface area contributed by atoms with E-state index in [1.165, 1.54) is 0 Å². The van der Waals surface area contributed by atoms with Gasteiger partial charge >= 0.3 is 0 Å². The van der Waals surface area contributed by atoms with Crippen LogP contribution in [0.3, 0.4) is 0 Å². The highest BCUT2D eigenvalue weighted by Gasteiger charge is 2.30. The van der Waals surface area contributed by atoms with E-state index < -0.39 is 13.0 Å². The molecular formula is C18H23F2N3O2. The van der Waals surface area contributed by atoms with Crippen molar-refractivity contribution in [1.82, 2.24) is 16.2 Å². The summed E-state index contributed by atoms with van der Waals surface area (Å²) < 4.78 is 35.2. The fourth-order valence-electron chi connectivity index (χ4n) is 2.96. The largest absolute Gasteiger partial charge is 0.488 e. The van der Waals surface area contributed by atoms with E-state index in [9.17, 15) is 8.78 Å². The van der Waals surface area contributed by atoms with Crippen molar-refractivity contribution >= 4 is 0 Å². The molecular weight excluding hydrogens is 328 g/mol. The number of hydrogen-bond donors (Lipinski definition) is 3. The molecule has 0 amide bonds.